The van der Waals surface area contributed by atoms with E-state index in [0.29, 0.717) is 13.2 Å². The summed E-state index contributed by atoms with van der Waals surface area (Å²) in [5.41, 5.74) is 0. The molecule has 0 bridgehead atoms. The van der Waals surface area contributed by atoms with Crippen molar-refractivity contribution in [3.63, 3.8) is 0 Å². The average Bonchev–Trinajstić information content (AvgIpc) is 2.87. The van der Waals surface area contributed by atoms with Crippen LogP contribution >= 0.6 is 0 Å². The zero-order chi connectivity index (χ0) is 12.4. The number of hydrogen-bond donors (Lipinski definition) is 1. The third kappa shape index (κ3) is 2.41. The van der Waals surface area contributed by atoms with Gasteiger partial charge in [-0.1, -0.05) is 0 Å². The van der Waals surface area contributed by atoms with E-state index in [1.165, 1.54) is 0 Å². The molecule has 98 valence electrons. The first-order valence-electron chi connectivity index (χ1n) is 6.71. The molecular formula is C13H19N3O2. The van der Waals surface area contributed by atoms with Crippen LogP contribution in [-0.2, 0) is 22.5 Å². The summed E-state index contributed by atoms with van der Waals surface area (Å²) in [4.78, 5) is 16.4. The van der Waals surface area contributed by atoms with E-state index in [1.807, 2.05) is 12.4 Å². The fourth-order valence-electron chi connectivity index (χ4n) is 2.75. The molecule has 3 rings (SSSR count). The van der Waals surface area contributed by atoms with Crippen molar-refractivity contribution >= 4 is 5.91 Å². The van der Waals surface area contributed by atoms with Gasteiger partial charge in [0.25, 0.3) is 0 Å². The number of nitrogens with one attached hydrogen (secondary N) is 1. The third-order valence-electron chi connectivity index (χ3n) is 3.89. The number of carbonyl (C=O) groups is 1. The minimum absolute atomic E-state index is 0.139. The summed E-state index contributed by atoms with van der Waals surface area (Å²) in [6.07, 6.45) is 7.39. The highest BCUT2D eigenvalue weighted by Crippen LogP contribution is 2.17. The fourth-order valence-corrected chi connectivity index (χ4v) is 2.75. The maximum absolute atomic E-state index is 12.1. The minimum atomic E-state index is 0.139. The van der Waals surface area contributed by atoms with Crippen LogP contribution in [0.3, 0.4) is 0 Å². The molecule has 1 N–H and O–H groups in total. The predicted molar refractivity (Wildman–Crippen MR) is 66.0 cm³/mol. The van der Waals surface area contributed by atoms with Gasteiger partial charge in [-0.05, 0) is 19.3 Å². The van der Waals surface area contributed by atoms with E-state index in [9.17, 15) is 4.79 Å². The van der Waals surface area contributed by atoms with Crippen molar-refractivity contribution in [2.75, 3.05) is 13.2 Å². The SMILES string of the molecule is O=C(NC1CCn2ccnc2C1)C1CCOCC1. The summed E-state index contributed by atoms with van der Waals surface area (Å²) in [6, 6.07) is 0.246. The van der Waals surface area contributed by atoms with Gasteiger partial charge >= 0.3 is 0 Å². The van der Waals surface area contributed by atoms with Crippen LogP contribution in [0.25, 0.3) is 0 Å². The molecule has 2 aliphatic heterocycles. The van der Waals surface area contributed by atoms with Crippen molar-refractivity contribution in [1.82, 2.24) is 14.9 Å². The summed E-state index contributed by atoms with van der Waals surface area (Å²) in [5, 5.41) is 3.17. The van der Waals surface area contributed by atoms with E-state index in [0.717, 1.165) is 38.1 Å². The molecule has 0 saturated carbocycles. The smallest absolute Gasteiger partial charge is 0.223 e. The molecule has 1 aromatic heterocycles. The number of aryl methyl sites for hydroxylation is 1. The second kappa shape index (κ2) is 5.10. The Morgan fingerprint density at radius 3 is 3.06 bits per heavy atom. The van der Waals surface area contributed by atoms with E-state index < -0.39 is 0 Å². The van der Waals surface area contributed by atoms with Gasteiger partial charge in [-0.15, -0.1) is 0 Å². The van der Waals surface area contributed by atoms with Crippen molar-refractivity contribution in [1.29, 1.82) is 0 Å². The lowest BCUT2D eigenvalue weighted by Gasteiger charge is -2.27. The Kier molecular flexibility index (Phi) is 3.32. The van der Waals surface area contributed by atoms with E-state index in [4.69, 9.17) is 4.74 Å². The number of ether oxygens (including phenoxy) is 1. The average molecular weight is 249 g/mol. The second-order valence-corrected chi connectivity index (χ2v) is 5.12. The van der Waals surface area contributed by atoms with Gasteiger partial charge < -0.3 is 14.6 Å². The van der Waals surface area contributed by atoms with Crippen molar-refractivity contribution in [2.24, 2.45) is 5.92 Å². The van der Waals surface area contributed by atoms with E-state index in [1.54, 1.807) is 0 Å². The Labute approximate surface area is 107 Å². The molecule has 1 fully saturated rings. The quantitative estimate of drug-likeness (QED) is 0.841. The van der Waals surface area contributed by atoms with Crippen molar-refractivity contribution in [2.45, 2.75) is 38.3 Å². The molecule has 0 aliphatic carbocycles. The van der Waals surface area contributed by atoms with Gasteiger partial charge in [0, 0.05) is 50.5 Å². The van der Waals surface area contributed by atoms with Crippen LogP contribution in [0.2, 0.25) is 0 Å². The topological polar surface area (TPSA) is 56.2 Å². The number of nitrogens with zero attached hydrogens (tertiary/aromatic N) is 2. The van der Waals surface area contributed by atoms with Crippen LogP contribution in [-0.4, -0.2) is 34.7 Å². The molecule has 1 unspecified atom stereocenters. The number of imidazole rings is 1. The lowest BCUT2D eigenvalue weighted by molar-refractivity contribution is -0.128. The van der Waals surface area contributed by atoms with Gasteiger partial charge in [0.15, 0.2) is 0 Å². The number of rotatable bonds is 2. The number of fused-ring (bicyclic) bond motifs is 1. The Morgan fingerprint density at radius 2 is 2.22 bits per heavy atom. The Bertz CT molecular complexity index is 424. The van der Waals surface area contributed by atoms with Crippen LogP contribution in [0, 0.1) is 5.92 Å². The zero-order valence-corrected chi connectivity index (χ0v) is 10.5. The fraction of sp³-hybridized carbons (Fsp3) is 0.692. The number of hydrogen-bond acceptors (Lipinski definition) is 3. The molecule has 2 aliphatic rings. The van der Waals surface area contributed by atoms with E-state index in [2.05, 4.69) is 14.9 Å². The number of carbonyl (C=O) groups excluding carboxylic acids is 1. The first-order valence-corrected chi connectivity index (χ1v) is 6.71. The summed E-state index contributed by atoms with van der Waals surface area (Å²) >= 11 is 0. The Balaban J connectivity index is 1.56. The zero-order valence-electron chi connectivity index (χ0n) is 10.5. The summed E-state index contributed by atoms with van der Waals surface area (Å²) in [7, 11) is 0. The molecule has 1 aromatic rings. The molecule has 18 heavy (non-hydrogen) atoms. The lowest BCUT2D eigenvalue weighted by Crippen LogP contribution is -2.44. The first-order chi connectivity index (χ1) is 8.83. The van der Waals surface area contributed by atoms with Gasteiger partial charge in [-0.2, -0.15) is 0 Å². The van der Waals surface area contributed by atoms with Crippen LogP contribution in [0.5, 0.6) is 0 Å². The predicted octanol–water partition coefficient (Wildman–Crippen LogP) is 0.741. The highest BCUT2D eigenvalue weighted by molar-refractivity contribution is 5.79. The van der Waals surface area contributed by atoms with Gasteiger partial charge in [0.05, 0.1) is 0 Å². The maximum atomic E-state index is 12.1. The second-order valence-electron chi connectivity index (χ2n) is 5.12. The monoisotopic (exact) mass is 249 g/mol. The molecule has 0 radical (unpaired) electrons. The number of amides is 1. The van der Waals surface area contributed by atoms with Crippen LogP contribution in [0.15, 0.2) is 12.4 Å². The normalized spacial score (nSPS) is 24.6. The molecule has 5 nitrogen and oxygen atoms in total. The molecule has 0 aromatic carbocycles. The van der Waals surface area contributed by atoms with Crippen LogP contribution in [0.1, 0.15) is 25.1 Å². The van der Waals surface area contributed by atoms with Crippen LogP contribution in [0.4, 0.5) is 0 Å². The largest absolute Gasteiger partial charge is 0.381 e. The van der Waals surface area contributed by atoms with E-state index in [-0.39, 0.29) is 17.9 Å². The molecule has 1 saturated heterocycles. The van der Waals surface area contributed by atoms with E-state index >= 15 is 0 Å². The maximum Gasteiger partial charge on any atom is 0.223 e. The van der Waals surface area contributed by atoms with Gasteiger partial charge in [0.2, 0.25) is 5.91 Å². The third-order valence-corrected chi connectivity index (χ3v) is 3.89. The van der Waals surface area contributed by atoms with Gasteiger partial charge in [-0.3, -0.25) is 4.79 Å². The molecular weight excluding hydrogens is 230 g/mol. The molecule has 5 heteroatoms. The van der Waals surface area contributed by atoms with Gasteiger partial charge in [-0.25, -0.2) is 4.98 Å². The summed E-state index contributed by atoms with van der Waals surface area (Å²) in [6.45, 7) is 2.38. The summed E-state index contributed by atoms with van der Waals surface area (Å²) in [5.74, 6) is 1.42. The lowest BCUT2D eigenvalue weighted by atomic mass is 9.98. The van der Waals surface area contributed by atoms with Crippen molar-refractivity contribution in [3.05, 3.63) is 18.2 Å². The number of aromatic nitrogens is 2. The molecule has 0 spiro atoms. The Hall–Kier alpha value is -1.36. The molecule has 1 atom stereocenters. The molecule has 1 amide bonds. The van der Waals surface area contributed by atoms with Crippen molar-refractivity contribution < 1.29 is 9.53 Å². The standard InChI is InChI=1S/C13H19N3O2/c17-13(10-2-7-18-8-3-10)15-11-1-5-16-6-4-14-12(16)9-11/h4,6,10-11H,1-3,5,7-9H2,(H,15,17). The Morgan fingerprint density at radius 1 is 1.39 bits per heavy atom. The highest BCUT2D eigenvalue weighted by Gasteiger charge is 2.26. The van der Waals surface area contributed by atoms with Gasteiger partial charge in [0.1, 0.15) is 5.82 Å². The van der Waals surface area contributed by atoms with Crippen LogP contribution < -0.4 is 5.32 Å². The molecule has 3 heterocycles. The first kappa shape index (κ1) is 11.7. The van der Waals surface area contributed by atoms with Crippen molar-refractivity contribution in [3.8, 4) is 0 Å². The minimum Gasteiger partial charge on any atom is -0.381 e. The summed E-state index contributed by atoms with van der Waals surface area (Å²) < 4.78 is 7.45. The highest BCUT2D eigenvalue weighted by atomic mass is 16.5.